The summed E-state index contributed by atoms with van der Waals surface area (Å²) in [5.74, 6) is -0.385. The molecule has 3 rings (SSSR count). The second-order valence-electron chi connectivity index (χ2n) is 5.32. The molecule has 1 N–H and O–H groups in total. The summed E-state index contributed by atoms with van der Waals surface area (Å²) in [5, 5.41) is 3.32. The molecule has 0 unspecified atom stereocenters. The summed E-state index contributed by atoms with van der Waals surface area (Å²) >= 11 is 0. The van der Waals surface area contributed by atoms with Gasteiger partial charge < -0.3 is 10.2 Å². The maximum Gasteiger partial charge on any atom is 0.389 e. The lowest BCUT2D eigenvalue weighted by Crippen LogP contribution is -2.35. The minimum absolute atomic E-state index is 0.385. The van der Waals surface area contributed by atoms with Crippen molar-refractivity contribution in [3.05, 3.63) is 29.3 Å². The third-order valence-corrected chi connectivity index (χ3v) is 4.01. The topological polar surface area (TPSA) is 15.3 Å². The Bertz CT molecular complexity index is 470. The molecule has 19 heavy (non-hydrogen) atoms. The highest BCUT2D eigenvalue weighted by Gasteiger charge is 2.36. The monoisotopic (exact) mass is 270 g/mol. The maximum absolute atomic E-state index is 12.7. The highest BCUT2D eigenvalue weighted by atomic mass is 19.4. The fourth-order valence-corrected chi connectivity index (χ4v) is 3.20. The first-order valence-electron chi connectivity index (χ1n) is 6.69. The number of rotatable bonds is 1. The van der Waals surface area contributed by atoms with Crippen LogP contribution in [0.4, 0.5) is 18.9 Å². The zero-order chi connectivity index (χ0) is 13.5. The van der Waals surface area contributed by atoms with Crippen LogP contribution in [0.3, 0.4) is 0 Å². The molecule has 2 heterocycles. The summed E-state index contributed by atoms with van der Waals surface area (Å²) < 4.78 is 38.0. The van der Waals surface area contributed by atoms with Crippen molar-refractivity contribution in [1.82, 2.24) is 5.32 Å². The summed E-state index contributed by atoms with van der Waals surface area (Å²) in [4.78, 5) is 2.23. The van der Waals surface area contributed by atoms with Crippen LogP contribution in [-0.4, -0.2) is 25.8 Å². The van der Waals surface area contributed by atoms with Gasteiger partial charge in [-0.2, -0.15) is 13.2 Å². The second kappa shape index (κ2) is 4.71. The highest BCUT2D eigenvalue weighted by molar-refractivity contribution is 5.63. The van der Waals surface area contributed by atoms with Crippen LogP contribution in [0.5, 0.6) is 0 Å². The Labute approximate surface area is 110 Å². The lowest BCUT2D eigenvalue weighted by molar-refractivity contribution is -0.139. The van der Waals surface area contributed by atoms with E-state index in [1.807, 2.05) is 18.2 Å². The van der Waals surface area contributed by atoms with E-state index < -0.39 is 12.6 Å². The van der Waals surface area contributed by atoms with Crippen molar-refractivity contribution in [3.8, 4) is 0 Å². The molecular formula is C14H17F3N2. The number of nitrogens with zero attached hydrogens (tertiary/aromatic N) is 1. The molecule has 2 nitrogen and oxygen atoms in total. The maximum atomic E-state index is 12.7. The second-order valence-corrected chi connectivity index (χ2v) is 5.32. The van der Waals surface area contributed by atoms with Gasteiger partial charge in [0.15, 0.2) is 0 Å². The quantitative estimate of drug-likeness (QED) is 0.844. The standard InChI is InChI=1S/C14H17F3N2/c15-14(16,17)8-10-4-6-19-7-5-18-9-11-2-1-3-12(10)13(11)19/h1-3,10,18H,4-9H2/t10-/m0/s1. The van der Waals surface area contributed by atoms with Crippen molar-refractivity contribution in [3.63, 3.8) is 0 Å². The summed E-state index contributed by atoms with van der Waals surface area (Å²) in [6.45, 7) is 3.24. The predicted molar refractivity (Wildman–Crippen MR) is 68.4 cm³/mol. The lowest BCUT2D eigenvalue weighted by Gasteiger charge is -2.36. The Morgan fingerprint density at radius 2 is 2.11 bits per heavy atom. The number of para-hydroxylation sites is 1. The van der Waals surface area contributed by atoms with E-state index >= 15 is 0 Å². The molecule has 0 saturated carbocycles. The predicted octanol–water partition coefficient (Wildman–Crippen LogP) is 3.04. The molecule has 0 bridgehead atoms. The summed E-state index contributed by atoms with van der Waals surface area (Å²) in [5.41, 5.74) is 3.06. The van der Waals surface area contributed by atoms with Crippen LogP contribution in [0, 0.1) is 0 Å². The van der Waals surface area contributed by atoms with Crippen LogP contribution in [0.15, 0.2) is 18.2 Å². The average molecular weight is 270 g/mol. The lowest BCUT2D eigenvalue weighted by atomic mass is 9.85. The van der Waals surface area contributed by atoms with Crippen LogP contribution in [-0.2, 0) is 6.54 Å². The van der Waals surface area contributed by atoms with Gasteiger partial charge in [-0.25, -0.2) is 0 Å². The number of anilines is 1. The molecule has 104 valence electrons. The molecular weight excluding hydrogens is 253 g/mol. The van der Waals surface area contributed by atoms with Gasteiger partial charge in [0.1, 0.15) is 0 Å². The van der Waals surface area contributed by atoms with Gasteiger partial charge in [-0.05, 0) is 23.5 Å². The number of alkyl halides is 3. The fourth-order valence-electron chi connectivity index (χ4n) is 3.20. The number of hydrogen-bond donors (Lipinski definition) is 1. The summed E-state index contributed by atoms with van der Waals surface area (Å²) in [7, 11) is 0. The zero-order valence-electron chi connectivity index (χ0n) is 10.6. The Kier molecular flexibility index (Phi) is 3.17. The van der Waals surface area contributed by atoms with E-state index in [1.165, 1.54) is 0 Å². The molecule has 1 aromatic carbocycles. The van der Waals surface area contributed by atoms with E-state index in [1.54, 1.807) is 0 Å². The van der Waals surface area contributed by atoms with Gasteiger partial charge in [-0.1, -0.05) is 18.2 Å². The van der Waals surface area contributed by atoms with Crippen molar-refractivity contribution < 1.29 is 13.2 Å². The smallest absolute Gasteiger partial charge is 0.370 e. The van der Waals surface area contributed by atoms with Gasteiger partial charge in [0, 0.05) is 31.9 Å². The molecule has 0 aromatic heterocycles. The van der Waals surface area contributed by atoms with Crippen LogP contribution in [0.25, 0.3) is 0 Å². The molecule has 0 fully saturated rings. The third kappa shape index (κ3) is 2.56. The Morgan fingerprint density at radius 1 is 1.26 bits per heavy atom. The molecule has 1 atom stereocenters. The number of benzene rings is 1. The van der Waals surface area contributed by atoms with Gasteiger partial charge in [0.25, 0.3) is 0 Å². The molecule has 0 amide bonds. The van der Waals surface area contributed by atoms with Gasteiger partial charge in [0.2, 0.25) is 0 Å². The Balaban J connectivity index is 1.99. The van der Waals surface area contributed by atoms with Crippen molar-refractivity contribution in [1.29, 1.82) is 0 Å². The zero-order valence-corrected chi connectivity index (χ0v) is 10.6. The van der Waals surface area contributed by atoms with E-state index in [0.29, 0.717) is 6.42 Å². The van der Waals surface area contributed by atoms with E-state index in [9.17, 15) is 13.2 Å². The SMILES string of the molecule is FC(F)(F)C[C@@H]1CCN2CCNCc3cccc1c32. The number of hydrogen-bond acceptors (Lipinski definition) is 2. The largest absolute Gasteiger partial charge is 0.389 e. The first kappa shape index (κ1) is 12.8. The highest BCUT2D eigenvalue weighted by Crippen LogP contribution is 2.43. The first-order valence-corrected chi connectivity index (χ1v) is 6.69. The van der Waals surface area contributed by atoms with Gasteiger partial charge in [0.05, 0.1) is 6.42 Å². The van der Waals surface area contributed by atoms with Crippen LogP contribution in [0.2, 0.25) is 0 Å². The molecule has 0 saturated heterocycles. The molecule has 2 aliphatic rings. The van der Waals surface area contributed by atoms with Gasteiger partial charge >= 0.3 is 6.18 Å². The fraction of sp³-hybridized carbons (Fsp3) is 0.571. The summed E-state index contributed by atoms with van der Waals surface area (Å²) in [6, 6.07) is 5.76. The van der Waals surface area contributed by atoms with Crippen molar-refractivity contribution in [2.24, 2.45) is 0 Å². The van der Waals surface area contributed by atoms with Crippen molar-refractivity contribution >= 4 is 5.69 Å². The molecule has 2 aliphatic heterocycles. The third-order valence-electron chi connectivity index (χ3n) is 4.01. The van der Waals surface area contributed by atoms with Crippen LogP contribution < -0.4 is 10.2 Å². The van der Waals surface area contributed by atoms with Gasteiger partial charge in [-0.15, -0.1) is 0 Å². The van der Waals surface area contributed by atoms with Gasteiger partial charge in [-0.3, -0.25) is 0 Å². The average Bonchev–Trinajstić information content (AvgIpc) is 2.55. The normalized spacial score (nSPS) is 22.9. The number of nitrogens with one attached hydrogen (secondary N) is 1. The summed E-state index contributed by atoms with van der Waals surface area (Å²) in [6.07, 6.45) is -4.20. The minimum atomic E-state index is -4.08. The Hall–Kier alpha value is -1.23. The Morgan fingerprint density at radius 3 is 2.89 bits per heavy atom. The molecule has 5 heteroatoms. The molecule has 1 aromatic rings. The molecule has 0 spiro atoms. The van der Waals surface area contributed by atoms with E-state index in [-0.39, 0.29) is 5.92 Å². The van der Waals surface area contributed by atoms with E-state index in [4.69, 9.17) is 0 Å². The van der Waals surface area contributed by atoms with Crippen molar-refractivity contribution in [2.75, 3.05) is 24.5 Å². The minimum Gasteiger partial charge on any atom is -0.370 e. The van der Waals surface area contributed by atoms with Crippen LogP contribution >= 0.6 is 0 Å². The number of halogens is 3. The van der Waals surface area contributed by atoms with E-state index in [2.05, 4.69) is 10.2 Å². The first-order chi connectivity index (χ1) is 9.04. The molecule has 0 radical (unpaired) electrons. The van der Waals surface area contributed by atoms with Crippen molar-refractivity contribution in [2.45, 2.75) is 31.5 Å². The molecule has 0 aliphatic carbocycles. The van der Waals surface area contributed by atoms with E-state index in [0.717, 1.165) is 43.0 Å². The van der Waals surface area contributed by atoms with Crippen LogP contribution in [0.1, 0.15) is 29.9 Å².